The van der Waals surface area contributed by atoms with Crippen molar-refractivity contribution in [3.63, 3.8) is 0 Å². The lowest BCUT2D eigenvalue weighted by atomic mass is 10.1. The number of carbonyl (C=O) groups excluding carboxylic acids is 2. The summed E-state index contributed by atoms with van der Waals surface area (Å²) in [5, 5.41) is 0.764. The van der Waals surface area contributed by atoms with Crippen molar-refractivity contribution in [2.45, 2.75) is 6.42 Å². The standard InChI is InChI=1S/C17H14Cl2O5/c1-22-15-8-10(17(21)23-2)6-7-14(15)24-16(20)9-11-12(18)4-3-5-13(11)19/h3-8H,9H2,1-2H3. The third-order valence-corrected chi connectivity index (χ3v) is 3.90. The van der Waals surface area contributed by atoms with Crippen molar-refractivity contribution in [2.75, 3.05) is 14.2 Å². The van der Waals surface area contributed by atoms with Crippen LogP contribution in [0.4, 0.5) is 0 Å². The molecule has 0 unspecified atom stereocenters. The second-order valence-electron chi connectivity index (χ2n) is 4.71. The molecule has 0 amide bonds. The maximum atomic E-state index is 12.1. The van der Waals surface area contributed by atoms with E-state index < -0.39 is 11.9 Å². The van der Waals surface area contributed by atoms with Crippen LogP contribution in [0.25, 0.3) is 0 Å². The van der Waals surface area contributed by atoms with Crippen molar-refractivity contribution in [3.8, 4) is 11.5 Å². The highest BCUT2D eigenvalue weighted by molar-refractivity contribution is 6.36. The zero-order valence-corrected chi connectivity index (χ0v) is 14.5. The van der Waals surface area contributed by atoms with Crippen molar-refractivity contribution in [1.29, 1.82) is 0 Å². The molecule has 2 aromatic rings. The Hall–Kier alpha value is -2.24. The van der Waals surface area contributed by atoms with Crippen LogP contribution in [0.1, 0.15) is 15.9 Å². The Morgan fingerprint density at radius 2 is 1.67 bits per heavy atom. The molecule has 2 aromatic carbocycles. The minimum atomic E-state index is -0.561. The quantitative estimate of drug-likeness (QED) is 0.590. The molecule has 0 radical (unpaired) electrons. The predicted molar refractivity (Wildman–Crippen MR) is 90.1 cm³/mol. The molecule has 0 aliphatic heterocycles. The first-order valence-corrected chi connectivity index (χ1v) is 7.61. The van der Waals surface area contributed by atoms with Gasteiger partial charge in [0.1, 0.15) is 0 Å². The lowest BCUT2D eigenvalue weighted by Gasteiger charge is -2.11. The average Bonchev–Trinajstić information content (AvgIpc) is 2.58. The summed E-state index contributed by atoms with van der Waals surface area (Å²) >= 11 is 12.1. The number of hydrogen-bond acceptors (Lipinski definition) is 5. The SMILES string of the molecule is COC(=O)c1ccc(OC(=O)Cc2c(Cl)cccc2Cl)c(OC)c1. The van der Waals surface area contributed by atoms with Crippen LogP contribution in [0.5, 0.6) is 11.5 Å². The maximum Gasteiger partial charge on any atom is 0.337 e. The van der Waals surface area contributed by atoms with Crippen molar-refractivity contribution >= 4 is 35.1 Å². The molecule has 0 heterocycles. The summed E-state index contributed by atoms with van der Waals surface area (Å²) < 4.78 is 15.1. The van der Waals surface area contributed by atoms with Gasteiger partial charge in [-0.3, -0.25) is 4.79 Å². The molecule has 24 heavy (non-hydrogen) atoms. The van der Waals surface area contributed by atoms with E-state index in [0.717, 1.165) is 0 Å². The van der Waals surface area contributed by atoms with E-state index in [4.69, 9.17) is 32.7 Å². The molecule has 0 saturated heterocycles. The molecular formula is C17H14Cl2O5. The Balaban J connectivity index is 2.18. The number of rotatable bonds is 5. The zero-order valence-electron chi connectivity index (χ0n) is 13.0. The van der Waals surface area contributed by atoms with E-state index in [9.17, 15) is 9.59 Å². The van der Waals surface area contributed by atoms with Gasteiger partial charge in [0.05, 0.1) is 26.2 Å². The van der Waals surface area contributed by atoms with Crippen LogP contribution in [0, 0.1) is 0 Å². The maximum absolute atomic E-state index is 12.1. The fraction of sp³-hybridized carbons (Fsp3) is 0.176. The summed E-state index contributed by atoms with van der Waals surface area (Å²) in [7, 11) is 2.68. The third-order valence-electron chi connectivity index (χ3n) is 3.19. The van der Waals surface area contributed by atoms with Gasteiger partial charge in [0.15, 0.2) is 11.5 Å². The summed E-state index contributed by atoms with van der Waals surface area (Å²) in [6, 6.07) is 9.32. The molecule has 126 valence electrons. The molecular weight excluding hydrogens is 355 g/mol. The fourth-order valence-electron chi connectivity index (χ4n) is 2.00. The number of ether oxygens (including phenoxy) is 3. The van der Waals surface area contributed by atoms with Crippen LogP contribution in [-0.2, 0) is 16.0 Å². The first-order valence-electron chi connectivity index (χ1n) is 6.86. The predicted octanol–water partition coefficient (Wildman–Crippen LogP) is 3.94. The van der Waals surface area contributed by atoms with Gasteiger partial charge in [-0.2, -0.15) is 0 Å². The molecule has 0 aliphatic carbocycles. The molecule has 0 bridgehead atoms. The van der Waals surface area contributed by atoms with Gasteiger partial charge in [-0.1, -0.05) is 29.3 Å². The minimum Gasteiger partial charge on any atom is -0.493 e. The van der Waals surface area contributed by atoms with E-state index >= 15 is 0 Å². The van der Waals surface area contributed by atoms with E-state index in [-0.39, 0.29) is 23.5 Å². The molecule has 0 N–H and O–H groups in total. The third kappa shape index (κ3) is 4.19. The molecule has 0 fully saturated rings. The van der Waals surface area contributed by atoms with Gasteiger partial charge in [-0.05, 0) is 30.3 Å². The number of carbonyl (C=O) groups is 2. The van der Waals surface area contributed by atoms with E-state index in [2.05, 4.69) is 4.74 Å². The van der Waals surface area contributed by atoms with Gasteiger partial charge in [0.2, 0.25) is 0 Å². The topological polar surface area (TPSA) is 61.8 Å². The molecule has 0 aliphatic rings. The Labute approximate surface area is 149 Å². The van der Waals surface area contributed by atoms with Crippen LogP contribution in [0.3, 0.4) is 0 Å². The van der Waals surface area contributed by atoms with Gasteiger partial charge in [-0.25, -0.2) is 4.79 Å². The summed E-state index contributed by atoms with van der Waals surface area (Å²) in [6.45, 7) is 0. The highest BCUT2D eigenvalue weighted by Gasteiger charge is 2.16. The zero-order chi connectivity index (χ0) is 17.7. The van der Waals surface area contributed by atoms with Crippen LogP contribution >= 0.6 is 23.2 Å². The first-order chi connectivity index (χ1) is 11.5. The molecule has 0 spiro atoms. The molecule has 5 nitrogen and oxygen atoms in total. The van der Waals surface area contributed by atoms with Crippen molar-refractivity contribution in [1.82, 2.24) is 0 Å². The molecule has 0 saturated carbocycles. The number of methoxy groups -OCH3 is 2. The normalized spacial score (nSPS) is 10.2. The fourth-order valence-corrected chi connectivity index (χ4v) is 2.53. The summed E-state index contributed by atoms with van der Waals surface area (Å²) in [6.07, 6.45) is -0.0968. The van der Waals surface area contributed by atoms with E-state index in [1.54, 1.807) is 18.2 Å². The first kappa shape index (κ1) is 18.1. The summed E-state index contributed by atoms with van der Waals surface area (Å²) in [4.78, 5) is 23.7. The molecule has 0 aromatic heterocycles. The van der Waals surface area contributed by atoms with Crippen molar-refractivity contribution < 1.29 is 23.8 Å². The van der Waals surface area contributed by atoms with Gasteiger partial charge < -0.3 is 14.2 Å². The number of hydrogen-bond donors (Lipinski definition) is 0. The Kier molecular flexibility index (Phi) is 6.06. The van der Waals surface area contributed by atoms with Gasteiger partial charge >= 0.3 is 11.9 Å². The lowest BCUT2D eigenvalue weighted by molar-refractivity contribution is -0.133. The van der Waals surface area contributed by atoms with E-state index in [1.165, 1.54) is 32.4 Å². The van der Waals surface area contributed by atoms with E-state index in [1.807, 2.05) is 0 Å². The second-order valence-corrected chi connectivity index (χ2v) is 5.52. The van der Waals surface area contributed by atoms with Crippen LogP contribution in [0.2, 0.25) is 10.0 Å². The van der Waals surface area contributed by atoms with Gasteiger partial charge in [-0.15, -0.1) is 0 Å². The molecule has 7 heteroatoms. The Morgan fingerprint density at radius 1 is 1.00 bits per heavy atom. The van der Waals surface area contributed by atoms with E-state index in [0.29, 0.717) is 15.6 Å². The Morgan fingerprint density at radius 3 is 2.25 bits per heavy atom. The number of esters is 2. The van der Waals surface area contributed by atoms with Crippen LogP contribution in [-0.4, -0.2) is 26.2 Å². The lowest BCUT2D eigenvalue weighted by Crippen LogP contribution is -2.13. The van der Waals surface area contributed by atoms with Crippen molar-refractivity contribution in [2.24, 2.45) is 0 Å². The molecule has 0 atom stereocenters. The summed E-state index contributed by atoms with van der Waals surface area (Å²) in [5.74, 6) is -0.669. The Bertz CT molecular complexity index is 753. The number of benzene rings is 2. The summed E-state index contributed by atoms with van der Waals surface area (Å²) in [5.41, 5.74) is 0.763. The van der Waals surface area contributed by atoms with Gasteiger partial charge in [0, 0.05) is 15.6 Å². The highest BCUT2D eigenvalue weighted by Crippen LogP contribution is 2.30. The van der Waals surface area contributed by atoms with Crippen molar-refractivity contribution in [3.05, 3.63) is 57.6 Å². The van der Waals surface area contributed by atoms with Crippen LogP contribution in [0.15, 0.2) is 36.4 Å². The number of halogens is 2. The molecule has 2 rings (SSSR count). The average molecular weight is 369 g/mol. The smallest absolute Gasteiger partial charge is 0.337 e. The highest BCUT2D eigenvalue weighted by atomic mass is 35.5. The monoisotopic (exact) mass is 368 g/mol. The minimum absolute atomic E-state index is 0.0968. The second kappa shape index (κ2) is 8.04. The largest absolute Gasteiger partial charge is 0.493 e. The van der Waals surface area contributed by atoms with Crippen LogP contribution < -0.4 is 9.47 Å². The van der Waals surface area contributed by atoms with Gasteiger partial charge in [0.25, 0.3) is 0 Å².